The molecule has 0 bridgehead atoms. The Kier molecular flexibility index (Phi) is 4.31. The van der Waals surface area contributed by atoms with E-state index in [1.807, 2.05) is 0 Å². The van der Waals surface area contributed by atoms with Crippen molar-refractivity contribution >= 4 is 11.6 Å². The first-order chi connectivity index (χ1) is 12.0. The van der Waals surface area contributed by atoms with E-state index in [1.165, 1.54) is 26.2 Å². The monoisotopic (exact) mass is 344 g/mol. The van der Waals surface area contributed by atoms with Crippen LogP contribution >= 0.6 is 0 Å². The first-order valence-corrected chi connectivity index (χ1v) is 7.67. The summed E-state index contributed by atoms with van der Waals surface area (Å²) in [5.41, 5.74) is 1.61. The van der Waals surface area contributed by atoms with Gasteiger partial charge in [-0.3, -0.25) is 4.79 Å². The third-order valence-corrected chi connectivity index (χ3v) is 4.30. The molecule has 1 amide bonds. The van der Waals surface area contributed by atoms with Gasteiger partial charge in [0, 0.05) is 18.7 Å². The second-order valence-electron chi connectivity index (χ2n) is 5.61. The fourth-order valence-corrected chi connectivity index (χ4v) is 2.94. The van der Waals surface area contributed by atoms with Crippen LogP contribution in [0.2, 0.25) is 0 Å². The van der Waals surface area contributed by atoms with Crippen molar-refractivity contribution in [3.8, 4) is 23.0 Å². The van der Waals surface area contributed by atoms with E-state index in [4.69, 9.17) is 14.2 Å². The average Bonchev–Trinajstić information content (AvgIpc) is 2.64. The molecule has 2 aromatic rings. The van der Waals surface area contributed by atoms with E-state index in [1.54, 1.807) is 37.4 Å². The van der Waals surface area contributed by atoms with Crippen LogP contribution in [0, 0.1) is 0 Å². The summed E-state index contributed by atoms with van der Waals surface area (Å²) in [6.45, 7) is 0. The van der Waals surface area contributed by atoms with Crippen molar-refractivity contribution in [1.82, 2.24) is 4.90 Å². The Bertz CT molecular complexity index is 821. The fraction of sp³-hybridized carbons (Fsp3) is 0.278. The summed E-state index contributed by atoms with van der Waals surface area (Å²) >= 11 is 0. The highest BCUT2D eigenvalue weighted by atomic mass is 16.5. The number of carbonyl (C=O) groups excluding carboxylic acids is 1. The molecule has 1 atom stereocenters. The predicted molar refractivity (Wildman–Crippen MR) is 92.7 cm³/mol. The number of methoxy groups -OCH3 is 3. The Balaban J connectivity index is 2.09. The lowest BCUT2D eigenvalue weighted by atomic mass is 10.0. The number of rotatable bonds is 4. The number of nitrogens with zero attached hydrogens (tertiary/aromatic N) is 1. The third-order valence-electron chi connectivity index (χ3n) is 4.30. The summed E-state index contributed by atoms with van der Waals surface area (Å²) in [5.74, 6) is 1.14. The molecule has 0 radical (unpaired) electrons. The van der Waals surface area contributed by atoms with E-state index in [2.05, 4.69) is 5.32 Å². The maximum atomic E-state index is 12.8. The Morgan fingerprint density at radius 3 is 2.32 bits per heavy atom. The van der Waals surface area contributed by atoms with Gasteiger partial charge in [0.15, 0.2) is 23.0 Å². The molecule has 1 unspecified atom stereocenters. The lowest BCUT2D eigenvalue weighted by Gasteiger charge is -2.36. The smallest absolute Gasteiger partial charge is 0.257 e. The summed E-state index contributed by atoms with van der Waals surface area (Å²) in [6, 6.07) is 8.51. The van der Waals surface area contributed by atoms with Gasteiger partial charge < -0.3 is 29.5 Å². The van der Waals surface area contributed by atoms with E-state index in [9.17, 15) is 9.90 Å². The van der Waals surface area contributed by atoms with Gasteiger partial charge in [0.05, 0.1) is 32.6 Å². The van der Waals surface area contributed by atoms with Gasteiger partial charge in [0.25, 0.3) is 5.91 Å². The molecular formula is C18H20N2O5. The van der Waals surface area contributed by atoms with E-state index < -0.39 is 6.17 Å². The van der Waals surface area contributed by atoms with Crippen LogP contribution in [0.1, 0.15) is 22.1 Å². The van der Waals surface area contributed by atoms with Crippen LogP contribution in [0.25, 0.3) is 0 Å². The van der Waals surface area contributed by atoms with Gasteiger partial charge in [-0.25, -0.2) is 0 Å². The molecule has 1 heterocycles. The number of amides is 1. The van der Waals surface area contributed by atoms with Crippen molar-refractivity contribution < 1.29 is 24.1 Å². The Morgan fingerprint density at radius 2 is 1.68 bits per heavy atom. The van der Waals surface area contributed by atoms with Crippen molar-refractivity contribution in [2.45, 2.75) is 6.17 Å². The van der Waals surface area contributed by atoms with E-state index in [-0.39, 0.29) is 11.7 Å². The second kappa shape index (κ2) is 6.43. The number of hydrogen-bond acceptors (Lipinski definition) is 6. The maximum absolute atomic E-state index is 12.8. The number of fused-ring (bicyclic) bond motifs is 1. The van der Waals surface area contributed by atoms with E-state index in [0.29, 0.717) is 34.1 Å². The van der Waals surface area contributed by atoms with Crippen molar-refractivity contribution in [3.05, 3.63) is 41.5 Å². The predicted octanol–water partition coefficient (Wildman–Crippen LogP) is 2.61. The number of benzene rings is 2. The zero-order chi connectivity index (χ0) is 18.1. The summed E-state index contributed by atoms with van der Waals surface area (Å²) in [7, 11) is 6.20. The van der Waals surface area contributed by atoms with E-state index in [0.717, 1.165) is 0 Å². The molecule has 3 rings (SSSR count). The van der Waals surface area contributed by atoms with Gasteiger partial charge in [0.1, 0.15) is 6.17 Å². The van der Waals surface area contributed by atoms with Gasteiger partial charge in [-0.15, -0.1) is 0 Å². The van der Waals surface area contributed by atoms with Crippen LogP contribution in [-0.2, 0) is 0 Å². The normalized spacial score (nSPS) is 16.1. The zero-order valence-electron chi connectivity index (χ0n) is 14.5. The molecule has 2 N–H and O–H groups in total. The number of ether oxygens (including phenoxy) is 3. The minimum Gasteiger partial charge on any atom is -0.504 e. The van der Waals surface area contributed by atoms with Gasteiger partial charge >= 0.3 is 0 Å². The number of aromatic hydroxyl groups is 1. The number of hydrogen-bond donors (Lipinski definition) is 2. The van der Waals surface area contributed by atoms with Crippen LogP contribution < -0.4 is 19.5 Å². The highest BCUT2D eigenvalue weighted by Crippen LogP contribution is 2.42. The quantitative estimate of drug-likeness (QED) is 0.887. The van der Waals surface area contributed by atoms with Crippen LogP contribution in [0.15, 0.2) is 30.3 Å². The molecule has 0 spiro atoms. The van der Waals surface area contributed by atoms with Crippen LogP contribution in [0.3, 0.4) is 0 Å². The number of anilines is 1. The molecule has 0 saturated carbocycles. The summed E-state index contributed by atoms with van der Waals surface area (Å²) in [4.78, 5) is 14.3. The molecule has 0 aromatic heterocycles. The molecule has 1 aliphatic rings. The maximum Gasteiger partial charge on any atom is 0.257 e. The molecule has 7 heteroatoms. The van der Waals surface area contributed by atoms with Crippen molar-refractivity contribution in [2.24, 2.45) is 0 Å². The van der Waals surface area contributed by atoms with Gasteiger partial charge in [0.2, 0.25) is 0 Å². The Morgan fingerprint density at radius 1 is 1.04 bits per heavy atom. The van der Waals surface area contributed by atoms with Gasteiger partial charge in [-0.05, 0) is 12.1 Å². The SMILES string of the molecule is COc1cc2c(cc1OC)C(=O)N(C)C(c1cccc(OC)c1O)N2. The molecule has 25 heavy (non-hydrogen) atoms. The minimum absolute atomic E-state index is 0.00826. The fourth-order valence-electron chi connectivity index (χ4n) is 2.94. The molecule has 132 valence electrons. The molecule has 1 aliphatic heterocycles. The molecule has 2 aromatic carbocycles. The molecule has 0 fully saturated rings. The minimum atomic E-state index is -0.548. The lowest BCUT2D eigenvalue weighted by molar-refractivity contribution is 0.0733. The first-order valence-electron chi connectivity index (χ1n) is 7.67. The van der Waals surface area contributed by atoms with Crippen molar-refractivity contribution in [3.63, 3.8) is 0 Å². The molecular weight excluding hydrogens is 324 g/mol. The van der Waals surface area contributed by atoms with Crippen LogP contribution in [0.4, 0.5) is 5.69 Å². The zero-order valence-corrected chi connectivity index (χ0v) is 14.5. The second-order valence-corrected chi connectivity index (χ2v) is 5.61. The largest absolute Gasteiger partial charge is 0.504 e. The number of phenols is 1. The molecule has 7 nitrogen and oxygen atoms in total. The van der Waals surface area contributed by atoms with Gasteiger partial charge in [-0.2, -0.15) is 0 Å². The summed E-state index contributed by atoms with van der Waals surface area (Å²) < 4.78 is 15.7. The van der Waals surface area contributed by atoms with Gasteiger partial charge in [-0.1, -0.05) is 12.1 Å². The topological polar surface area (TPSA) is 80.3 Å². The highest BCUT2D eigenvalue weighted by molar-refractivity contribution is 6.02. The molecule has 0 saturated heterocycles. The standard InChI is InChI=1S/C18H20N2O5/c1-20-17(10-6-5-7-13(23-2)16(10)21)19-12-9-15(25-4)14(24-3)8-11(12)18(20)22/h5-9,17,19,21H,1-4H3. The van der Waals surface area contributed by atoms with Crippen LogP contribution in [0.5, 0.6) is 23.0 Å². The van der Waals surface area contributed by atoms with Crippen LogP contribution in [-0.4, -0.2) is 44.3 Å². The first kappa shape index (κ1) is 16.8. The van der Waals surface area contributed by atoms with E-state index >= 15 is 0 Å². The number of nitrogens with one attached hydrogen (secondary N) is 1. The molecule has 0 aliphatic carbocycles. The lowest BCUT2D eigenvalue weighted by Crippen LogP contribution is -2.40. The van der Waals surface area contributed by atoms with Crippen molar-refractivity contribution in [1.29, 1.82) is 0 Å². The number of carbonyl (C=O) groups is 1. The Hall–Kier alpha value is -3.09. The Labute approximate surface area is 145 Å². The third kappa shape index (κ3) is 2.67. The number of phenolic OH excluding ortho intramolecular Hbond substituents is 1. The van der Waals surface area contributed by atoms with Crippen molar-refractivity contribution in [2.75, 3.05) is 33.7 Å². The number of para-hydroxylation sites is 1. The summed E-state index contributed by atoms with van der Waals surface area (Å²) in [5, 5.41) is 13.7. The average molecular weight is 344 g/mol. The highest BCUT2D eigenvalue weighted by Gasteiger charge is 2.33. The summed E-state index contributed by atoms with van der Waals surface area (Å²) in [6.07, 6.45) is -0.548.